The number of hydrogen-bond acceptors (Lipinski definition) is 3. The Hall–Kier alpha value is -2.60. The molecule has 21 heavy (non-hydrogen) atoms. The first-order valence-electron chi connectivity index (χ1n) is 6.13. The predicted octanol–water partition coefficient (Wildman–Crippen LogP) is 1.42. The Kier molecular flexibility index (Phi) is 4.73. The van der Waals surface area contributed by atoms with Crippen LogP contribution in [0, 0.1) is 0 Å². The zero-order valence-electron chi connectivity index (χ0n) is 11.1. The minimum absolute atomic E-state index is 0.0738. The van der Waals surface area contributed by atoms with Gasteiger partial charge in [-0.3, -0.25) is 4.79 Å². The van der Waals surface area contributed by atoms with Gasteiger partial charge < -0.3 is 11.5 Å². The number of aromatic nitrogens is 2. The number of rotatable bonds is 4. The van der Waals surface area contributed by atoms with Crippen LogP contribution in [0.5, 0.6) is 0 Å². The number of hydrogen-bond donors (Lipinski definition) is 2. The fraction of sp³-hybridized carbons (Fsp3) is 0.0714. The Morgan fingerprint density at radius 2 is 2.29 bits per heavy atom. The van der Waals surface area contributed by atoms with Crippen molar-refractivity contribution in [3.05, 3.63) is 59.5 Å². The molecule has 0 spiro atoms. The number of amidine groups is 1. The SMILES string of the molecule is N/C=C\C(N)=NC(=O)Cc1cnn(-c2cccc(Cl)c2)c1. The second-order valence-corrected chi connectivity index (χ2v) is 4.68. The van der Waals surface area contributed by atoms with Gasteiger partial charge in [0.1, 0.15) is 5.84 Å². The van der Waals surface area contributed by atoms with Gasteiger partial charge in [0.05, 0.1) is 18.3 Å². The first-order valence-corrected chi connectivity index (χ1v) is 6.51. The first kappa shape index (κ1) is 14.8. The second kappa shape index (κ2) is 6.71. The van der Waals surface area contributed by atoms with Crippen LogP contribution in [0.2, 0.25) is 5.02 Å². The molecule has 0 saturated carbocycles. The molecule has 1 aromatic heterocycles. The lowest BCUT2D eigenvalue weighted by Crippen LogP contribution is -2.12. The third-order valence-electron chi connectivity index (χ3n) is 2.58. The zero-order valence-corrected chi connectivity index (χ0v) is 11.9. The summed E-state index contributed by atoms with van der Waals surface area (Å²) in [4.78, 5) is 15.4. The molecule has 7 heteroatoms. The summed E-state index contributed by atoms with van der Waals surface area (Å²) in [6, 6.07) is 7.25. The van der Waals surface area contributed by atoms with Crippen molar-refractivity contribution >= 4 is 23.3 Å². The third-order valence-corrected chi connectivity index (χ3v) is 2.82. The van der Waals surface area contributed by atoms with Crippen LogP contribution in [0.15, 0.2) is 53.9 Å². The molecule has 4 N–H and O–H groups in total. The number of aliphatic imine (C=N–C) groups is 1. The van der Waals surface area contributed by atoms with Crippen molar-refractivity contribution in [3.63, 3.8) is 0 Å². The van der Waals surface area contributed by atoms with Gasteiger partial charge >= 0.3 is 0 Å². The molecule has 0 aliphatic carbocycles. The molecule has 0 radical (unpaired) electrons. The van der Waals surface area contributed by atoms with Crippen molar-refractivity contribution in [2.24, 2.45) is 16.5 Å². The van der Waals surface area contributed by atoms with Crippen LogP contribution >= 0.6 is 11.6 Å². The van der Waals surface area contributed by atoms with E-state index in [0.29, 0.717) is 5.02 Å². The highest BCUT2D eigenvalue weighted by atomic mass is 35.5. The van der Waals surface area contributed by atoms with E-state index in [0.717, 1.165) is 11.3 Å². The molecule has 1 amide bonds. The van der Waals surface area contributed by atoms with E-state index in [1.807, 2.05) is 12.1 Å². The average Bonchev–Trinajstić information content (AvgIpc) is 2.87. The Bertz CT molecular complexity index is 705. The molecular formula is C14H14ClN5O. The average molecular weight is 304 g/mol. The van der Waals surface area contributed by atoms with Crippen molar-refractivity contribution in [2.45, 2.75) is 6.42 Å². The number of nitrogens with zero attached hydrogens (tertiary/aromatic N) is 3. The Morgan fingerprint density at radius 3 is 3.00 bits per heavy atom. The summed E-state index contributed by atoms with van der Waals surface area (Å²) in [5.41, 5.74) is 12.2. The number of nitrogens with two attached hydrogens (primary N) is 2. The van der Waals surface area contributed by atoms with Crippen LogP contribution in [0.25, 0.3) is 5.69 Å². The minimum Gasteiger partial charge on any atom is -0.404 e. The molecule has 2 rings (SSSR count). The van der Waals surface area contributed by atoms with Gasteiger partial charge in [-0.1, -0.05) is 17.7 Å². The molecule has 0 unspecified atom stereocenters. The number of carbonyl (C=O) groups excluding carboxylic acids is 1. The van der Waals surface area contributed by atoms with Crippen molar-refractivity contribution in [3.8, 4) is 5.69 Å². The van der Waals surface area contributed by atoms with Gasteiger partial charge in [0, 0.05) is 11.2 Å². The molecular weight excluding hydrogens is 290 g/mol. The summed E-state index contributed by atoms with van der Waals surface area (Å²) in [5.74, 6) is -0.291. The number of carbonyl (C=O) groups is 1. The molecule has 108 valence electrons. The van der Waals surface area contributed by atoms with Gasteiger partial charge in [0.25, 0.3) is 5.91 Å². The third kappa shape index (κ3) is 4.19. The van der Waals surface area contributed by atoms with Crippen LogP contribution in [0.3, 0.4) is 0 Å². The lowest BCUT2D eigenvalue weighted by atomic mass is 10.2. The molecule has 1 aromatic carbocycles. The number of amides is 1. The molecule has 0 atom stereocenters. The van der Waals surface area contributed by atoms with Gasteiger partial charge in [-0.25, -0.2) is 4.68 Å². The number of halogens is 1. The van der Waals surface area contributed by atoms with Gasteiger partial charge in [0.15, 0.2) is 0 Å². The van der Waals surface area contributed by atoms with Crippen molar-refractivity contribution in [1.82, 2.24) is 9.78 Å². The second-order valence-electron chi connectivity index (χ2n) is 4.24. The van der Waals surface area contributed by atoms with Gasteiger partial charge in [-0.05, 0) is 36.0 Å². The summed E-state index contributed by atoms with van der Waals surface area (Å²) in [7, 11) is 0. The molecule has 1 heterocycles. The van der Waals surface area contributed by atoms with Crippen molar-refractivity contribution < 1.29 is 4.79 Å². The van der Waals surface area contributed by atoms with E-state index >= 15 is 0 Å². The molecule has 2 aromatic rings. The van der Waals surface area contributed by atoms with Crippen LogP contribution in [-0.4, -0.2) is 21.5 Å². The van der Waals surface area contributed by atoms with Crippen molar-refractivity contribution in [2.75, 3.05) is 0 Å². The van der Waals surface area contributed by atoms with Crippen molar-refractivity contribution in [1.29, 1.82) is 0 Å². The Labute approximate surface area is 126 Å². The van der Waals surface area contributed by atoms with Gasteiger partial charge in [-0.15, -0.1) is 0 Å². The lowest BCUT2D eigenvalue weighted by molar-refractivity contribution is -0.117. The van der Waals surface area contributed by atoms with Crippen LogP contribution < -0.4 is 11.5 Å². The lowest BCUT2D eigenvalue weighted by Gasteiger charge is -2.00. The molecule has 0 bridgehead atoms. The fourth-order valence-corrected chi connectivity index (χ4v) is 1.89. The standard InChI is InChI=1S/C14H14ClN5O/c15-11-2-1-3-12(7-11)20-9-10(8-18-20)6-14(21)19-13(17)4-5-16/h1-5,7-9H,6,16H2,(H2,17,19,21)/b5-4-. The monoisotopic (exact) mass is 303 g/mol. The normalized spacial score (nSPS) is 12.0. The maximum absolute atomic E-state index is 11.7. The number of benzene rings is 1. The summed E-state index contributed by atoms with van der Waals surface area (Å²) in [6.45, 7) is 0. The summed E-state index contributed by atoms with van der Waals surface area (Å²) in [5, 5.41) is 4.81. The Morgan fingerprint density at radius 1 is 1.48 bits per heavy atom. The molecule has 0 aliphatic rings. The Balaban J connectivity index is 2.10. The largest absolute Gasteiger partial charge is 0.404 e. The quantitative estimate of drug-likeness (QED) is 0.659. The van der Waals surface area contributed by atoms with E-state index in [9.17, 15) is 4.79 Å². The van der Waals surface area contributed by atoms with Gasteiger partial charge in [-0.2, -0.15) is 10.1 Å². The summed E-state index contributed by atoms with van der Waals surface area (Å²) in [6.07, 6.45) is 6.04. The highest BCUT2D eigenvalue weighted by Gasteiger charge is 2.06. The summed E-state index contributed by atoms with van der Waals surface area (Å²) < 4.78 is 1.64. The molecule has 0 fully saturated rings. The molecule has 0 saturated heterocycles. The molecule has 0 aliphatic heterocycles. The van der Waals surface area contributed by atoms with E-state index in [-0.39, 0.29) is 18.2 Å². The predicted molar refractivity (Wildman–Crippen MR) is 82.2 cm³/mol. The first-order chi connectivity index (χ1) is 10.1. The molecule has 6 nitrogen and oxygen atoms in total. The fourth-order valence-electron chi connectivity index (χ4n) is 1.71. The van der Waals surface area contributed by atoms with E-state index in [2.05, 4.69) is 10.1 Å². The zero-order chi connectivity index (χ0) is 15.2. The maximum Gasteiger partial charge on any atom is 0.252 e. The van der Waals surface area contributed by atoms with Crippen LogP contribution in [-0.2, 0) is 11.2 Å². The minimum atomic E-state index is -0.365. The summed E-state index contributed by atoms with van der Waals surface area (Å²) >= 11 is 5.93. The van der Waals surface area contributed by atoms with Crippen LogP contribution in [0.1, 0.15) is 5.56 Å². The van der Waals surface area contributed by atoms with Crippen LogP contribution in [0.4, 0.5) is 0 Å². The smallest absolute Gasteiger partial charge is 0.252 e. The van der Waals surface area contributed by atoms with E-state index in [4.69, 9.17) is 23.1 Å². The van der Waals surface area contributed by atoms with E-state index in [1.165, 1.54) is 12.3 Å². The topological polar surface area (TPSA) is 99.3 Å². The highest BCUT2D eigenvalue weighted by Crippen LogP contribution is 2.14. The maximum atomic E-state index is 11.7. The van der Waals surface area contributed by atoms with E-state index in [1.54, 1.807) is 29.2 Å². The van der Waals surface area contributed by atoms with Gasteiger partial charge in [0.2, 0.25) is 0 Å². The highest BCUT2D eigenvalue weighted by molar-refractivity contribution is 6.30. The van der Waals surface area contributed by atoms with E-state index < -0.39 is 0 Å².